The van der Waals surface area contributed by atoms with E-state index in [0.717, 1.165) is 23.7 Å². The zero-order chi connectivity index (χ0) is 9.52. The topological polar surface area (TPSA) is 29.5 Å². The van der Waals surface area contributed by atoms with Gasteiger partial charge in [0.15, 0.2) is 0 Å². The lowest BCUT2D eigenvalue weighted by Crippen LogP contribution is -1.90. The van der Waals surface area contributed by atoms with Crippen LogP contribution in [0.3, 0.4) is 0 Å². The fourth-order valence-corrected chi connectivity index (χ4v) is 1.84. The van der Waals surface area contributed by atoms with Crippen LogP contribution >= 0.6 is 11.8 Å². The van der Waals surface area contributed by atoms with Crippen LogP contribution in [0.25, 0.3) is 0 Å². The second-order valence-corrected chi connectivity index (χ2v) is 3.80. The maximum Gasteiger partial charge on any atom is 0.129 e. The van der Waals surface area contributed by atoms with E-state index in [0.29, 0.717) is 5.75 Å². The molecule has 72 valence electrons. The van der Waals surface area contributed by atoms with Gasteiger partial charge in [-0.2, -0.15) is 0 Å². The highest BCUT2D eigenvalue weighted by Gasteiger charge is 1.98. The SMILES string of the molecule is COCCCSc1ccccc1O. The lowest BCUT2D eigenvalue weighted by Gasteiger charge is -2.02. The molecule has 0 spiro atoms. The summed E-state index contributed by atoms with van der Waals surface area (Å²) in [5, 5.41) is 9.41. The molecule has 0 aliphatic rings. The first-order valence-electron chi connectivity index (χ1n) is 4.24. The van der Waals surface area contributed by atoms with Gasteiger partial charge in [0.25, 0.3) is 0 Å². The normalized spacial score (nSPS) is 10.2. The third-order valence-corrected chi connectivity index (χ3v) is 2.76. The van der Waals surface area contributed by atoms with Crippen molar-refractivity contribution in [3.05, 3.63) is 24.3 Å². The van der Waals surface area contributed by atoms with E-state index in [-0.39, 0.29) is 0 Å². The molecule has 1 aromatic rings. The number of ether oxygens (including phenoxy) is 1. The Kier molecular flexibility index (Phi) is 4.72. The van der Waals surface area contributed by atoms with E-state index in [2.05, 4.69) is 0 Å². The highest BCUT2D eigenvalue weighted by atomic mass is 32.2. The minimum atomic E-state index is 0.366. The van der Waals surface area contributed by atoms with Gasteiger partial charge in [0.05, 0.1) is 0 Å². The van der Waals surface area contributed by atoms with Gasteiger partial charge in [-0.1, -0.05) is 12.1 Å². The van der Waals surface area contributed by atoms with Crippen LogP contribution in [0.15, 0.2) is 29.2 Å². The number of methoxy groups -OCH3 is 1. The Labute approximate surface area is 82.9 Å². The number of phenols is 1. The fraction of sp³-hybridized carbons (Fsp3) is 0.400. The summed E-state index contributed by atoms with van der Waals surface area (Å²) in [6.45, 7) is 0.778. The average molecular weight is 198 g/mol. The number of hydrogen-bond donors (Lipinski definition) is 1. The maximum atomic E-state index is 9.41. The van der Waals surface area contributed by atoms with Crippen molar-refractivity contribution in [2.45, 2.75) is 11.3 Å². The van der Waals surface area contributed by atoms with E-state index in [1.54, 1.807) is 24.9 Å². The van der Waals surface area contributed by atoms with Crippen molar-refractivity contribution in [3.63, 3.8) is 0 Å². The molecule has 2 nitrogen and oxygen atoms in total. The first-order chi connectivity index (χ1) is 6.34. The van der Waals surface area contributed by atoms with Crippen molar-refractivity contribution in [1.29, 1.82) is 0 Å². The van der Waals surface area contributed by atoms with Crippen LogP contribution in [0.4, 0.5) is 0 Å². The molecule has 1 rings (SSSR count). The summed E-state index contributed by atoms with van der Waals surface area (Å²) in [6.07, 6.45) is 1.01. The zero-order valence-corrected chi connectivity index (χ0v) is 8.51. The number of rotatable bonds is 5. The van der Waals surface area contributed by atoms with Gasteiger partial charge in [-0.25, -0.2) is 0 Å². The fourth-order valence-electron chi connectivity index (χ4n) is 0.965. The van der Waals surface area contributed by atoms with Gasteiger partial charge < -0.3 is 9.84 Å². The van der Waals surface area contributed by atoms with Crippen molar-refractivity contribution in [1.82, 2.24) is 0 Å². The molecule has 1 N–H and O–H groups in total. The molecule has 0 unspecified atom stereocenters. The molecule has 0 aliphatic carbocycles. The Morgan fingerprint density at radius 3 is 2.85 bits per heavy atom. The second kappa shape index (κ2) is 5.89. The zero-order valence-electron chi connectivity index (χ0n) is 7.69. The van der Waals surface area contributed by atoms with E-state index in [9.17, 15) is 5.11 Å². The highest BCUT2D eigenvalue weighted by Crippen LogP contribution is 2.27. The van der Waals surface area contributed by atoms with Crippen LogP contribution in [0.5, 0.6) is 5.75 Å². The molecule has 0 radical (unpaired) electrons. The molecule has 0 bridgehead atoms. The summed E-state index contributed by atoms with van der Waals surface area (Å²) >= 11 is 1.66. The highest BCUT2D eigenvalue weighted by molar-refractivity contribution is 7.99. The number of phenolic OH excluding ortho intramolecular Hbond substituents is 1. The Morgan fingerprint density at radius 2 is 2.15 bits per heavy atom. The molecule has 13 heavy (non-hydrogen) atoms. The van der Waals surface area contributed by atoms with Gasteiger partial charge >= 0.3 is 0 Å². The van der Waals surface area contributed by atoms with Gasteiger partial charge in [0.1, 0.15) is 5.75 Å². The van der Waals surface area contributed by atoms with Crippen LogP contribution in [0.1, 0.15) is 6.42 Å². The Hall–Kier alpha value is -0.670. The number of thioether (sulfide) groups is 1. The van der Waals surface area contributed by atoms with Gasteiger partial charge in [0, 0.05) is 24.4 Å². The monoisotopic (exact) mass is 198 g/mol. The molecule has 3 heteroatoms. The molecule has 0 aromatic heterocycles. The molecular formula is C10H14O2S. The van der Waals surface area contributed by atoms with Crippen LogP contribution in [0, 0.1) is 0 Å². The van der Waals surface area contributed by atoms with Crippen molar-refractivity contribution in [2.24, 2.45) is 0 Å². The van der Waals surface area contributed by atoms with Crippen LogP contribution in [-0.2, 0) is 4.74 Å². The predicted molar refractivity (Wildman–Crippen MR) is 55.3 cm³/mol. The van der Waals surface area contributed by atoms with Gasteiger partial charge in [-0.3, -0.25) is 0 Å². The predicted octanol–water partition coefficient (Wildman–Crippen LogP) is 2.52. The third-order valence-electron chi connectivity index (χ3n) is 1.62. The largest absolute Gasteiger partial charge is 0.507 e. The molecule has 0 saturated carbocycles. The summed E-state index contributed by atoms with van der Waals surface area (Å²) < 4.78 is 4.93. The molecule has 0 amide bonds. The van der Waals surface area contributed by atoms with Crippen molar-refractivity contribution < 1.29 is 9.84 Å². The number of benzene rings is 1. The standard InChI is InChI=1S/C10H14O2S/c1-12-7-4-8-13-10-6-3-2-5-9(10)11/h2-3,5-6,11H,4,7-8H2,1H3. The Balaban J connectivity index is 2.32. The minimum Gasteiger partial charge on any atom is -0.507 e. The number of aromatic hydroxyl groups is 1. The average Bonchev–Trinajstić information content (AvgIpc) is 2.15. The lowest BCUT2D eigenvalue weighted by molar-refractivity contribution is 0.200. The smallest absolute Gasteiger partial charge is 0.129 e. The lowest BCUT2D eigenvalue weighted by atomic mass is 10.3. The molecule has 0 saturated heterocycles. The summed E-state index contributed by atoms with van der Waals surface area (Å²) in [7, 11) is 1.70. The van der Waals surface area contributed by atoms with E-state index in [1.165, 1.54) is 0 Å². The molecule has 0 heterocycles. The van der Waals surface area contributed by atoms with Crippen LogP contribution in [-0.4, -0.2) is 24.6 Å². The van der Waals surface area contributed by atoms with E-state index in [4.69, 9.17) is 4.74 Å². The first kappa shape index (κ1) is 10.4. The van der Waals surface area contributed by atoms with Crippen molar-refractivity contribution in [3.8, 4) is 5.75 Å². The van der Waals surface area contributed by atoms with Crippen LogP contribution in [0.2, 0.25) is 0 Å². The summed E-state index contributed by atoms with van der Waals surface area (Å²) in [5.74, 6) is 1.34. The number of para-hydroxylation sites is 1. The molecule has 0 aliphatic heterocycles. The van der Waals surface area contributed by atoms with Gasteiger partial charge in [0.2, 0.25) is 0 Å². The minimum absolute atomic E-state index is 0.366. The van der Waals surface area contributed by atoms with Crippen molar-refractivity contribution in [2.75, 3.05) is 19.5 Å². The summed E-state index contributed by atoms with van der Waals surface area (Å²) in [4.78, 5) is 0.943. The second-order valence-electron chi connectivity index (χ2n) is 2.66. The van der Waals surface area contributed by atoms with Crippen LogP contribution < -0.4 is 0 Å². The van der Waals surface area contributed by atoms with Gasteiger partial charge in [-0.05, 0) is 18.6 Å². The molecule has 1 aromatic carbocycles. The molecular weight excluding hydrogens is 184 g/mol. The van der Waals surface area contributed by atoms with E-state index >= 15 is 0 Å². The third kappa shape index (κ3) is 3.70. The van der Waals surface area contributed by atoms with Crippen molar-refractivity contribution >= 4 is 11.8 Å². The maximum absolute atomic E-state index is 9.41. The summed E-state index contributed by atoms with van der Waals surface area (Å²) in [6, 6.07) is 7.39. The Bertz CT molecular complexity index is 250. The van der Waals surface area contributed by atoms with E-state index < -0.39 is 0 Å². The number of hydrogen-bond acceptors (Lipinski definition) is 3. The molecule has 0 atom stereocenters. The summed E-state index contributed by atoms with van der Waals surface area (Å²) in [5.41, 5.74) is 0. The molecule has 0 fully saturated rings. The first-order valence-corrected chi connectivity index (χ1v) is 5.23. The Morgan fingerprint density at radius 1 is 1.38 bits per heavy atom. The van der Waals surface area contributed by atoms with E-state index in [1.807, 2.05) is 18.2 Å². The quantitative estimate of drug-likeness (QED) is 0.582. The van der Waals surface area contributed by atoms with Gasteiger partial charge in [-0.15, -0.1) is 11.8 Å².